The van der Waals surface area contributed by atoms with Crippen molar-refractivity contribution >= 4 is 12.0 Å². The van der Waals surface area contributed by atoms with Crippen LogP contribution in [0.3, 0.4) is 0 Å². The fourth-order valence-corrected chi connectivity index (χ4v) is 2.99. The Hall–Kier alpha value is -2.15. The summed E-state index contributed by atoms with van der Waals surface area (Å²) in [6.45, 7) is 5.27. The van der Waals surface area contributed by atoms with E-state index in [0.29, 0.717) is 19.5 Å². The Labute approximate surface area is 142 Å². The molecule has 7 nitrogen and oxygen atoms in total. The molecule has 0 aliphatic heterocycles. The largest absolute Gasteiger partial charge is 0.480 e. The Kier molecular flexibility index (Phi) is 6.54. The molecule has 0 saturated heterocycles. The van der Waals surface area contributed by atoms with Gasteiger partial charge in [0.1, 0.15) is 0 Å². The Morgan fingerprint density at radius 1 is 1.42 bits per heavy atom. The van der Waals surface area contributed by atoms with Gasteiger partial charge in [-0.15, -0.1) is 0 Å². The van der Waals surface area contributed by atoms with E-state index < -0.39 is 5.97 Å². The van der Waals surface area contributed by atoms with Gasteiger partial charge in [-0.3, -0.25) is 14.7 Å². The number of likely N-dealkylation sites (N-methyl/N-ethyl adjacent to an activating group) is 1. The molecule has 1 aliphatic carbocycles. The van der Waals surface area contributed by atoms with Crippen molar-refractivity contribution in [3.05, 3.63) is 29.6 Å². The number of amides is 2. The molecular formula is C17H26N4O3. The van der Waals surface area contributed by atoms with Crippen molar-refractivity contribution < 1.29 is 14.7 Å². The van der Waals surface area contributed by atoms with E-state index in [0.717, 1.165) is 24.1 Å². The smallest absolute Gasteiger partial charge is 0.317 e. The van der Waals surface area contributed by atoms with E-state index in [1.165, 1.54) is 0 Å². The minimum atomic E-state index is -0.809. The van der Waals surface area contributed by atoms with Crippen LogP contribution in [0.1, 0.15) is 31.0 Å². The summed E-state index contributed by atoms with van der Waals surface area (Å²) in [5.74, 6) is -0.809. The molecule has 3 N–H and O–H groups in total. The molecule has 1 aromatic heterocycles. The van der Waals surface area contributed by atoms with Crippen molar-refractivity contribution in [3.63, 3.8) is 0 Å². The maximum atomic E-state index is 11.9. The second-order valence-electron chi connectivity index (χ2n) is 6.20. The highest BCUT2D eigenvalue weighted by molar-refractivity contribution is 5.74. The molecule has 0 aromatic carbocycles. The number of carbonyl (C=O) groups excluding carboxylic acids is 1. The molecule has 1 fully saturated rings. The van der Waals surface area contributed by atoms with Crippen LogP contribution in [-0.2, 0) is 11.2 Å². The Morgan fingerprint density at radius 2 is 2.17 bits per heavy atom. The molecule has 7 heteroatoms. The van der Waals surface area contributed by atoms with E-state index >= 15 is 0 Å². The number of nitrogens with one attached hydrogen (secondary N) is 2. The van der Waals surface area contributed by atoms with E-state index in [4.69, 9.17) is 5.11 Å². The minimum absolute atomic E-state index is 0.0590. The van der Waals surface area contributed by atoms with Gasteiger partial charge in [0.2, 0.25) is 0 Å². The third-order valence-electron chi connectivity index (χ3n) is 4.47. The van der Waals surface area contributed by atoms with Gasteiger partial charge < -0.3 is 15.7 Å². The van der Waals surface area contributed by atoms with Crippen molar-refractivity contribution in [1.82, 2.24) is 20.5 Å². The van der Waals surface area contributed by atoms with Gasteiger partial charge in [-0.1, -0.05) is 13.0 Å². The molecule has 0 unspecified atom stereocenters. The van der Waals surface area contributed by atoms with Crippen LogP contribution in [0.5, 0.6) is 0 Å². The van der Waals surface area contributed by atoms with Gasteiger partial charge in [-0.2, -0.15) is 0 Å². The number of hydrogen-bond donors (Lipinski definition) is 3. The van der Waals surface area contributed by atoms with Gasteiger partial charge in [-0.05, 0) is 37.9 Å². The van der Waals surface area contributed by atoms with Gasteiger partial charge in [0, 0.05) is 36.9 Å². The molecular weight excluding hydrogens is 308 g/mol. The van der Waals surface area contributed by atoms with Crippen molar-refractivity contribution in [3.8, 4) is 0 Å². The molecule has 0 radical (unpaired) electrons. The number of pyridine rings is 1. The van der Waals surface area contributed by atoms with Crippen LogP contribution >= 0.6 is 0 Å². The zero-order valence-electron chi connectivity index (χ0n) is 14.3. The summed E-state index contributed by atoms with van der Waals surface area (Å²) < 4.78 is 0. The average molecular weight is 334 g/mol. The summed E-state index contributed by atoms with van der Waals surface area (Å²) in [6, 6.07) is 4.10. The summed E-state index contributed by atoms with van der Waals surface area (Å²) in [5.41, 5.74) is 2.12. The quantitative estimate of drug-likeness (QED) is 0.663. The molecule has 0 atom stereocenters. The lowest BCUT2D eigenvalue weighted by Gasteiger charge is -2.42. The lowest BCUT2D eigenvalue weighted by molar-refractivity contribution is -0.139. The van der Waals surface area contributed by atoms with E-state index in [1.807, 2.05) is 30.9 Å². The van der Waals surface area contributed by atoms with Crippen molar-refractivity contribution in [2.45, 2.75) is 45.2 Å². The standard InChI is InChI=1S/C17H26N4O3/c1-3-21(11-16(22)23)14-9-13(10-14)20-17(24)19-8-6-15-12(2)5-4-7-18-15/h4-5,7,13-14H,3,6,8-11H2,1-2H3,(H,22,23)(H2,19,20,24). The van der Waals surface area contributed by atoms with Crippen molar-refractivity contribution in [2.75, 3.05) is 19.6 Å². The molecule has 1 saturated carbocycles. The lowest BCUT2D eigenvalue weighted by atomic mass is 9.85. The summed E-state index contributed by atoms with van der Waals surface area (Å²) in [4.78, 5) is 28.9. The third kappa shape index (κ3) is 5.19. The van der Waals surface area contributed by atoms with Gasteiger partial charge in [0.05, 0.1) is 6.54 Å². The SMILES string of the molecule is CCN(CC(=O)O)C1CC(NC(=O)NCCc2ncccc2C)C1. The van der Waals surface area contributed by atoms with Crippen LogP contribution in [0.4, 0.5) is 4.79 Å². The monoisotopic (exact) mass is 334 g/mol. The highest BCUT2D eigenvalue weighted by atomic mass is 16.4. The van der Waals surface area contributed by atoms with Crippen molar-refractivity contribution in [1.29, 1.82) is 0 Å². The number of carboxylic acids is 1. The van der Waals surface area contributed by atoms with Gasteiger partial charge in [0.25, 0.3) is 0 Å². The maximum Gasteiger partial charge on any atom is 0.317 e. The maximum absolute atomic E-state index is 11.9. The number of aryl methyl sites for hydroxylation is 1. The minimum Gasteiger partial charge on any atom is -0.480 e. The molecule has 1 aliphatic rings. The van der Waals surface area contributed by atoms with E-state index in [1.54, 1.807) is 6.20 Å². The molecule has 2 amide bonds. The number of rotatable bonds is 8. The van der Waals surface area contributed by atoms with E-state index in [9.17, 15) is 9.59 Å². The number of aliphatic carboxylic acids is 1. The summed E-state index contributed by atoms with van der Waals surface area (Å²) in [5, 5.41) is 14.7. The number of carboxylic acid groups (broad SMARTS) is 1. The number of hydrogen-bond acceptors (Lipinski definition) is 4. The first-order valence-electron chi connectivity index (χ1n) is 8.40. The average Bonchev–Trinajstić information content (AvgIpc) is 2.50. The fraction of sp³-hybridized carbons (Fsp3) is 0.588. The first-order chi connectivity index (χ1) is 11.5. The summed E-state index contributed by atoms with van der Waals surface area (Å²) in [6.07, 6.45) is 4.06. The number of urea groups is 1. The number of carbonyl (C=O) groups is 2. The van der Waals surface area contributed by atoms with Gasteiger partial charge in [-0.25, -0.2) is 4.79 Å². The summed E-state index contributed by atoms with van der Waals surface area (Å²) >= 11 is 0. The van der Waals surface area contributed by atoms with Crippen LogP contribution in [0, 0.1) is 6.92 Å². The topological polar surface area (TPSA) is 94.6 Å². The molecule has 1 aromatic rings. The normalized spacial score (nSPS) is 19.6. The lowest BCUT2D eigenvalue weighted by Crippen LogP contribution is -2.56. The van der Waals surface area contributed by atoms with Crippen LogP contribution in [-0.4, -0.2) is 58.7 Å². The molecule has 24 heavy (non-hydrogen) atoms. The first-order valence-corrected chi connectivity index (χ1v) is 8.40. The van der Waals surface area contributed by atoms with Crippen LogP contribution in [0.2, 0.25) is 0 Å². The zero-order valence-corrected chi connectivity index (χ0v) is 14.3. The zero-order chi connectivity index (χ0) is 17.5. The first kappa shape index (κ1) is 18.2. The summed E-state index contributed by atoms with van der Waals surface area (Å²) in [7, 11) is 0. The number of aromatic nitrogens is 1. The third-order valence-corrected chi connectivity index (χ3v) is 4.47. The predicted octanol–water partition coefficient (Wildman–Crippen LogP) is 1.17. The highest BCUT2D eigenvalue weighted by Gasteiger charge is 2.34. The van der Waals surface area contributed by atoms with Crippen molar-refractivity contribution in [2.24, 2.45) is 0 Å². The fourth-order valence-electron chi connectivity index (χ4n) is 2.99. The van der Waals surface area contributed by atoms with Crippen LogP contribution in [0.15, 0.2) is 18.3 Å². The van der Waals surface area contributed by atoms with E-state index in [2.05, 4.69) is 15.6 Å². The Morgan fingerprint density at radius 3 is 2.79 bits per heavy atom. The molecule has 132 valence electrons. The molecule has 2 rings (SSSR count). The Bertz CT molecular complexity index is 573. The van der Waals surface area contributed by atoms with Gasteiger partial charge >= 0.3 is 12.0 Å². The molecule has 0 spiro atoms. The van der Waals surface area contributed by atoms with Crippen LogP contribution in [0.25, 0.3) is 0 Å². The van der Waals surface area contributed by atoms with Gasteiger partial charge in [0.15, 0.2) is 0 Å². The predicted molar refractivity (Wildman–Crippen MR) is 90.9 cm³/mol. The highest BCUT2D eigenvalue weighted by Crippen LogP contribution is 2.25. The van der Waals surface area contributed by atoms with Crippen LogP contribution < -0.4 is 10.6 Å². The second-order valence-corrected chi connectivity index (χ2v) is 6.20. The molecule has 0 bridgehead atoms. The second kappa shape index (κ2) is 8.63. The number of nitrogens with zero attached hydrogens (tertiary/aromatic N) is 2. The Balaban J connectivity index is 1.64. The van der Waals surface area contributed by atoms with E-state index in [-0.39, 0.29) is 24.7 Å². The molecule has 1 heterocycles.